The number of aliphatic hydroxyl groups excluding tert-OH is 1. The van der Waals surface area contributed by atoms with Gasteiger partial charge >= 0.3 is 5.97 Å². The number of morpholine rings is 1. The third-order valence-corrected chi connectivity index (χ3v) is 5.48. The zero-order valence-electron chi connectivity index (χ0n) is 15.3. The molecule has 9 heteroatoms. The predicted octanol–water partition coefficient (Wildman–Crippen LogP) is 0.743. The lowest BCUT2D eigenvalue weighted by Crippen LogP contribution is -2.48. The summed E-state index contributed by atoms with van der Waals surface area (Å²) in [6, 6.07) is 10.1. The van der Waals surface area contributed by atoms with Crippen LogP contribution in [0.15, 0.2) is 30.3 Å². The van der Waals surface area contributed by atoms with E-state index in [0.29, 0.717) is 24.3 Å². The van der Waals surface area contributed by atoms with E-state index in [1.807, 2.05) is 30.3 Å². The number of likely N-dealkylation sites (N-methyl/N-ethyl adjacent to an activating group) is 1. The van der Waals surface area contributed by atoms with Gasteiger partial charge in [-0.2, -0.15) is 0 Å². The maximum atomic E-state index is 12.4. The molecule has 148 valence electrons. The molecule has 6 atom stereocenters. The van der Waals surface area contributed by atoms with Crippen molar-refractivity contribution in [2.24, 2.45) is 0 Å². The van der Waals surface area contributed by atoms with Gasteiger partial charge < -0.3 is 19.4 Å². The molecule has 0 aromatic heterocycles. The SMILES string of the molecule is CN1[C@@H]2C[C@@H](OC(=O)[C@H](CO)c3ccccc3)C[C@H]1[C@@H]1O[C@@H]12.CO[N+](=O)[O-]. The number of hydrogen-bond donors (Lipinski definition) is 1. The highest BCUT2D eigenvalue weighted by Gasteiger charge is 2.62. The number of piperidine rings is 1. The number of aliphatic hydroxyl groups is 1. The van der Waals surface area contributed by atoms with Crippen LogP contribution in [-0.2, 0) is 19.1 Å². The number of esters is 1. The minimum absolute atomic E-state index is 0.0622. The van der Waals surface area contributed by atoms with E-state index >= 15 is 0 Å². The summed E-state index contributed by atoms with van der Waals surface area (Å²) in [6.07, 6.45) is 2.26. The van der Waals surface area contributed by atoms with Gasteiger partial charge in [-0.05, 0) is 12.6 Å². The Bertz CT molecular complexity index is 653. The van der Waals surface area contributed by atoms with E-state index in [4.69, 9.17) is 19.6 Å². The highest BCUT2D eigenvalue weighted by molar-refractivity contribution is 5.78. The first-order valence-electron chi connectivity index (χ1n) is 8.88. The Morgan fingerprint density at radius 2 is 1.89 bits per heavy atom. The number of carbonyl (C=O) groups excluding carboxylic acids is 1. The minimum atomic E-state index is -0.875. The molecule has 27 heavy (non-hydrogen) atoms. The van der Waals surface area contributed by atoms with E-state index in [2.05, 4.69) is 16.8 Å². The molecule has 0 radical (unpaired) electrons. The molecule has 3 saturated heterocycles. The van der Waals surface area contributed by atoms with Crippen LogP contribution in [0, 0.1) is 10.1 Å². The van der Waals surface area contributed by atoms with Crippen molar-refractivity contribution in [1.29, 1.82) is 0 Å². The molecule has 1 aromatic rings. The summed E-state index contributed by atoms with van der Waals surface area (Å²) in [6.45, 7) is -0.226. The zero-order valence-corrected chi connectivity index (χ0v) is 15.3. The Morgan fingerprint density at radius 1 is 1.33 bits per heavy atom. The number of benzene rings is 1. The van der Waals surface area contributed by atoms with Gasteiger partial charge in [0.1, 0.15) is 24.2 Å². The van der Waals surface area contributed by atoms with Gasteiger partial charge in [0.2, 0.25) is 0 Å². The first-order valence-corrected chi connectivity index (χ1v) is 8.88. The van der Waals surface area contributed by atoms with E-state index in [1.165, 1.54) is 0 Å². The lowest BCUT2D eigenvalue weighted by atomic mass is 9.97. The lowest BCUT2D eigenvalue weighted by molar-refractivity contribution is -0.749. The second-order valence-corrected chi connectivity index (χ2v) is 6.95. The first-order chi connectivity index (χ1) is 13.0. The molecule has 1 aromatic carbocycles. The minimum Gasteiger partial charge on any atom is -0.462 e. The predicted molar refractivity (Wildman–Crippen MR) is 93.4 cm³/mol. The Morgan fingerprint density at radius 3 is 2.37 bits per heavy atom. The van der Waals surface area contributed by atoms with E-state index in [1.54, 1.807) is 0 Å². The molecule has 0 spiro atoms. The van der Waals surface area contributed by atoms with Crippen molar-refractivity contribution in [3.8, 4) is 0 Å². The zero-order chi connectivity index (χ0) is 19.6. The van der Waals surface area contributed by atoms with Crippen LogP contribution in [0.3, 0.4) is 0 Å². The Labute approximate surface area is 156 Å². The third kappa shape index (κ3) is 4.20. The smallest absolute Gasteiger partial charge is 0.316 e. The molecule has 0 amide bonds. The summed E-state index contributed by atoms with van der Waals surface area (Å²) in [5.74, 6) is -0.915. The van der Waals surface area contributed by atoms with Crippen molar-refractivity contribution in [2.45, 2.75) is 49.2 Å². The molecule has 3 fully saturated rings. The molecule has 0 aliphatic carbocycles. The average Bonchev–Trinajstić information content (AvgIpc) is 3.42. The Balaban J connectivity index is 0.000000376. The van der Waals surface area contributed by atoms with Gasteiger partial charge in [-0.15, -0.1) is 10.1 Å². The van der Waals surface area contributed by atoms with Gasteiger partial charge in [0.25, 0.3) is 5.09 Å². The summed E-state index contributed by atoms with van der Waals surface area (Å²) in [4.78, 5) is 27.2. The van der Waals surface area contributed by atoms with E-state index in [-0.39, 0.29) is 18.7 Å². The normalized spacial score (nSPS) is 31.7. The fourth-order valence-corrected chi connectivity index (χ4v) is 4.04. The van der Waals surface area contributed by atoms with Crippen molar-refractivity contribution < 1.29 is 29.3 Å². The van der Waals surface area contributed by atoms with Crippen LogP contribution in [-0.4, -0.2) is 72.2 Å². The Kier molecular flexibility index (Phi) is 5.93. The van der Waals surface area contributed by atoms with Crippen molar-refractivity contribution in [2.75, 3.05) is 20.8 Å². The topological polar surface area (TPSA) is 115 Å². The number of rotatable bonds is 5. The Hall–Kier alpha value is -2.23. The fraction of sp³-hybridized carbons (Fsp3) is 0.611. The maximum absolute atomic E-state index is 12.4. The number of ether oxygens (including phenoxy) is 2. The molecular weight excluding hydrogens is 356 g/mol. The number of fused-ring (bicyclic) bond motifs is 5. The highest BCUT2D eigenvalue weighted by Crippen LogP contribution is 2.48. The van der Waals surface area contributed by atoms with E-state index in [0.717, 1.165) is 25.5 Å². The number of hydrogen-bond acceptors (Lipinski definition) is 8. The summed E-state index contributed by atoms with van der Waals surface area (Å²) in [7, 11) is 3.13. The van der Waals surface area contributed by atoms with Gasteiger partial charge in [0.15, 0.2) is 0 Å². The fourth-order valence-electron chi connectivity index (χ4n) is 4.04. The van der Waals surface area contributed by atoms with Gasteiger partial charge in [-0.1, -0.05) is 30.3 Å². The highest BCUT2D eigenvalue weighted by atomic mass is 16.9. The van der Waals surface area contributed by atoms with Gasteiger partial charge in [-0.3, -0.25) is 9.69 Å². The van der Waals surface area contributed by atoms with Crippen molar-refractivity contribution >= 4 is 5.97 Å². The quantitative estimate of drug-likeness (QED) is 0.344. The number of epoxide rings is 1. The molecule has 9 nitrogen and oxygen atoms in total. The molecule has 4 rings (SSSR count). The van der Waals surface area contributed by atoms with E-state index in [9.17, 15) is 9.90 Å². The summed E-state index contributed by atoms with van der Waals surface area (Å²) < 4.78 is 11.4. The van der Waals surface area contributed by atoms with Crippen LogP contribution in [0.2, 0.25) is 0 Å². The van der Waals surface area contributed by atoms with Crippen molar-refractivity contribution in [3.05, 3.63) is 46.0 Å². The van der Waals surface area contributed by atoms with Gasteiger partial charge in [0.05, 0.1) is 13.7 Å². The summed E-state index contributed by atoms with van der Waals surface area (Å²) >= 11 is 0. The van der Waals surface area contributed by atoms with Crippen LogP contribution < -0.4 is 0 Å². The average molecular weight is 380 g/mol. The van der Waals surface area contributed by atoms with Crippen molar-refractivity contribution in [1.82, 2.24) is 4.90 Å². The van der Waals surface area contributed by atoms with Gasteiger partial charge in [0, 0.05) is 24.9 Å². The van der Waals surface area contributed by atoms with Crippen LogP contribution in [0.25, 0.3) is 0 Å². The molecular formula is C18H24N2O7. The molecule has 0 unspecified atom stereocenters. The molecule has 1 N–H and O–H groups in total. The van der Waals surface area contributed by atoms with Crippen LogP contribution in [0.4, 0.5) is 0 Å². The molecule has 3 aliphatic heterocycles. The lowest BCUT2D eigenvalue weighted by Gasteiger charge is -2.38. The van der Waals surface area contributed by atoms with E-state index < -0.39 is 11.0 Å². The monoisotopic (exact) mass is 380 g/mol. The summed E-state index contributed by atoms with van der Waals surface area (Å²) in [5.41, 5.74) is 0.803. The van der Waals surface area contributed by atoms with Crippen LogP contribution >= 0.6 is 0 Å². The van der Waals surface area contributed by atoms with Crippen LogP contribution in [0.1, 0.15) is 24.3 Å². The van der Waals surface area contributed by atoms with Gasteiger partial charge in [-0.25, -0.2) is 0 Å². The maximum Gasteiger partial charge on any atom is 0.316 e. The molecule has 0 saturated carbocycles. The molecule has 3 aliphatic rings. The first kappa shape index (κ1) is 19.5. The molecule has 2 bridgehead atoms. The second kappa shape index (κ2) is 8.20. The van der Waals surface area contributed by atoms with Crippen LogP contribution in [0.5, 0.6) is 0 Å². The third-order valence-electron chi connectivity index (χ3n) is 5.48. The number of carbonyl (C=O) groups is 1. The van der Waals surface area contributed by atoms with Crippen molar-refractivity contribution in [3.63, 3.8) is 0 Å². The largest absolute Gasteiger partial charge is 0.462 e. The second-order valence-electron chi connectivity index (χ2n) is 6.95. The summed E-state index contributed by atoms with van der Waals surface area (Å²) in [5, 5.41) is 17.6. The standard InChI is InChI=1S/C17H21NO4.CH3NO3/c1-18-13-7-11(8-14(18)16-15(13)22-16)21-17(20)12(9-19)10-5-3-2-4-6-10;1-5-2(3)4/h2-6,11-16,19H,7-9H2,1H3;1H3/t11-,12-,13-,14+,15-,16+;/m1./s1. The number of nitrogens with zero attached hydrogens (tertiary/aromatic N) is 2. The molecule has 3 heterocycles.